The van der Waals surface area contributed by atoms with Crippen molar-refractivity contribution in [2.24, 2.45) is 0 Å². The smallest absolute Gasteiger partial charge is 0.394 e. The second-order valence-electron chi connectivity index (χ2n) is 7.69. The van der Waals surface area contributed by atoms with Crippen molar-refractivity contribution in [2.45, 2.75) is 37.1 Å². The first kappa shape index (κ1) is 22.6. The number of hydrogen-bond acceptors (Lipinski definition) is 7. The van der Waals surface area contributed by atoms with Gasteiger partial charge >= 0.3 is 6.18 Å². The highest BCUT2D eigenvalue weighted by Gasteiger charge is 2.37. The van der Waals surface area contributed by atoms with Crippen LogP contribution in [0.5, 0.6) is 0 Å². The number of benzene rings is 1. The molecule has 1 aromatic carbocycles. The van der Waals surface area contributed by atoms with Gasteiger partial charge in [0.2, 0.25) is 0 Å². The van der Waals surface area contributed by atoms with Crippen LogP contribution < -0.4 is 5.32 Å². The third-order valence-electron chi connectivity index (χ3n) is 5.31. The van der Waals surface area contributed by atoms with Crippen LogP contribution in [0.4, 0.5) is 18.9 Å². The molecule has 1 saturated carbocycles. The Bertz CT molecular complexity index is 1210. The summed E-state index contributed by atoms with van der Waals surface area (Å²) in [5.41, 5.74) is -1.32. The summed E-state index contributed by atoms with van der Waals surface area (Å²) < 4.78 is 41.1. The minimum atomic E-state index is -4.72. The average Bonchev–Trinajstić information content (AvgIpc) is 3.54. The number of nitro groups is 1. The molecule has 0 aliphatic heterocycles. The zero-order valence-corrected chi connectivity index (χ0v) is 16.9. The summed E-state index contributed by atoms with van der Waals surface area (Å²) in [5, 5.41) is 36.9. The number of nitrogens with one attached hydrogen (secondary N) is 1. The number of nitro benzene ring substituents is 1. The Morgan fingerprint density at radius 2 is 1.94 bits per heavy atom. The second kappa shape index (κ2) is 8.41. The van der Waals surface area contributed by atoms with Gasteiger partial charge in [0.25, 0.3) is 11.6 Å². The van der Waals surface area contributed by atoms with Gasteiger partial charge in [0.15, 0.2) is 11.3 Å². The molecule has 1 amide bonds. The van der Waals surface area contributed by atoms with Gasteiger partial charge in [-0.25, -0.2) is 9.50 Å². The van der Waals surface area contributed by atoms with Crippen LogP contribution in [0, 0.1) is 10.1 Å². The van der Waals surface area contributed by atoms with E-state index in [0.717, 1.165) is 37.1 Å². The second-order valence-corrected chi connectivity index (χ2v) is 7.69. The maximum Gasteiger partial charge on any atom is 0.433 e. The number of hydrogen-bond donors (Lipinski definition) is 3. The summed E-state index contributed by atoms with van der Waals surface area (Å²) >= 11 is 0. The van der Waals surface area contributed by atoms with E-state index in [1.54, 1.807) is 0 Å². The summed E-state index contributed by atoms with van der Waals surface area (Å²) in [7, 11) is 0. The Kier molecular flexibility index (Phi) is 5.76. The Morgan fingerprint density at radius 1 is 1.27 bits per heavy atom. The number of rotatable bonds is 7. The van der Waals surface area contributed by atoms with Crippen molar-refractivity contribution in [1.29, 1.82) is 0 Å². The molecule has 33 heavy (non-hydrogen) atoms. The quantitative estimate of drug-likeness (QED) is 0.359. The number of fused-ring (bicyclic) bond motifs is 1. The van der Waals surface area contributed by atoms with Crippen LogP contribution >= 0.6 is 0 Å². The lowest BCUT2D eigenvalue weighted by molar-refractivity contribution is -0.384. The van der Waals surface area contributed by atoms with Crippen molar-refractivity contribution < 1.29 is 33.1 Å². The number of aromatic nitrogens is 3. The SMILES string of the molecule is O=C(NC(CO)C(O)c1ccc([N+](=O)[O-])cc1)c1cc2nc(C3CC3)cc(C(F)(F)F)n2n1. The molecule has 1 aliphatic rings. The van der Waals surface area contributed by atoms with Crippen LogP contribution in [0.25, 0.3) is 5.65 Å². The fourth-order valence-electron chi connectivity index (χ4n) is 3.39. The monoisotopic (exact) mass is 465 g/mol. The molecule has 4 rings (SSSR count). The van der Waals surface area contributed by atoms with Gasteiger partial charge in [0.1, 0.15) is 11.8 Å². The van der Waals surface area contributed by atoms with E-state index in [1.807, 2.05) is 0 Å². The Morgan fingerprint density at radius 3 is 2.48 bits per heavy atom. The predicted molar refractivity (Wildman–Crippen MR) is 106 cm³/mol. The number of alkyl halides is 3. The van der Waals surface area contributed by atoms with E-state index in [9.17, 15) is 38.3 Å². The lowest BCUT2D eigenvalue weighted by Crippen LogP contribution is -2.42. The van der Waals surface area contributed by atoms with Crippen molar-refractivity contribution in [3.63, 3.8) is 0 Å². The van der Waals surface area contributed by atoms with E-state index >= 15 is 0 Å². The van der Waals surface area contributed by atoms with Crippen LogP contribution in [0.2, 0.25) is 0 Å². The highest BCUT2D eigenvalue weighted by atomic mass is 19.4. The fourth-order valence-corrected chi connectivity index (χ4v) is 3.39. The Labute approximate surface area is 183 Å². The number of halogens is 3. The van der Waals surface area contributed by atoms with E-state index in [2.05, 4.69) is 15.4 Å². The minimum absolute atomic E-state index is 0.0566. The van der Waals surface area contributed by atoms with Gasteiger partial charge in [-0.1, -0.05) is 0 Å². The first-order valence-electron chi connectivity index (χ1n) is 9.90. The Hall–Kier alpha value is -3.58. The molecule has 1 fully saturated rings. The molecule has 1 aliphatic carbocycles. The Balaban J connectivity index is 1.59. The van der Waals surface area contributed by atoms with Crippen molar-refractivity contribution in [3.8, 4) is 0 Å². The molecule has 0 radical (unpaired) electrons. The molecular weight excluding hydrogens is 447 g/mol. The molecule has 2 heterocycles. The van der Waals surface area contributed by atoms with Crippen LogP contribution in [-0.4, -0.2) is 48.3 Å². The number of carbonyl (C=O) groups excluding carboxylic acids is 1. The summed E-state index contributed by atoms with van der Waals surface area (Å²) in [6.45, 7) is -0.713. The average molecular weight is 465 g/mol. The van der Waals surface area contributed by atoms with Crippen molar-refractivity contribution in [2.75, 3.05) is 6.61 Å². The number of aliphatic hydroxyl groups excluding tert-OH is 2. The molecule has 3 aromatic rings. The molecule has 174 valence electrons. The van der Waals surface area contributed by atoms with Crippen LogP contribution in [0.3, 0.4) is 0 Å². The lowest BCUT2D eigenvalue weighted by atomic mass is 10.0. The van der Waals surface area contributed by atoms with E-state index in [4.69, 9.17) is 0 Å². The van der Waals surface area contributed by atoms with Gasteiger partial charge < -0.3 is 15.5 Å². The van der Waals surface area contributed by atoms with Gasteiger partial charge in [0.05, 0.1) is 17.6 Å². The molecule has 0 saturated heterocycles. The van der Waals surface area contributed by atoms with E-state index in [0.29, 0.717) is 4.52 Å². The summed E-state index contributed by atoms with van der Waals surface area (Å²) in [4.78, 5) is 27.0. The molecule has 2 aromatic heterocycles. The van der Waals surface area contributed by atoms with Crippen molar-refractivity contribution in [3.05, 3.63) is 69.2 Å². The number of aliphatic hydroxyl groups is 2. The maximum absolute atomic E-state index is 13.5. The van der Waals surface area contributed by atoms with Crippen LogP contribution in [-0.2, 0) is 6.18 Å². The first-order valence-corrected chi connectivity index (χ1v) is 9.90. The van der Waals surface area contributed by atoms with Crippen molar-refractivity contribution in [1.82, 2.24) is 19.9 Å². The standard InChI is InChI=1S/C20H18F3N5O5/c21-20(22,23)16-7-13(10-1-2-10)24-17-8-14(26-27(16)17)19(31)25-15(9-29)18(30)11-3-5-12(6-4-11)28(32)33/h3-8,10,15,18,29-30H,1-2,9H2,(H,25,31). The lowest BCUT2D eigenvalue weighted by Gasteiger charge is -2.22. The third-order valence-corrected chi connectivity index (χ3v) is 5.31. The van der Waals surface area contributed by atoms with E-state index in [1.165, 1.54) is 12.1 Å². The number of carbonyl (C=O) groups is 1. The van der Waals surface area contributed by atoms with E-state index in [-0.39, 0.29) is 34.2 Å². The molecule has 0 spiro atoms. The summed E-state index contributed by atoms with van der Waals surface area (Å²) in [5.74, 6) is -0.986. The van der Waals surface area contributed by atoms with Crippen LogP contribution in [0.1, 0.15) is 52.3 Å². The predicted octanol–water partition coefficient (Wildman–Crippen LogP) is 2.36. The molecule has 2 unspecified atom stereocenters. The summed E-state index contributed by atoms with van der Waals surface area (Å²) in [6, 6.07) is 5.61. The minimum Gasteiger partial charge on any atom is -0.394 e. The zero-order chi connectivity index (χ0) is 23.9. The van der Waals surface area contributed by atoms with Gasteiger partial charge in [-0.3, -0.25) is 14.9 Å². The normalized spacial score (nSPS) is 15.9. The van der Waals surface area contributed by atoms with Gasteiger partial charge in [-0.15, -0.1) is 0 Å². The zero-order valence-electron chi connectivity index (χ0n) is 16.9. The summed E-state index contributed by atoms with van der Waals surface area (Å²) in [6.07, 6.45) is -4.69. The van der Waals surface area contributed by atoms with Gasteiger partial charge in [0, 0.05) is 29.8 Å². The molecule has 3 N–H and O–H groups in total. The van der Waals surface area contributed by atoms with Gasteiger partial charge in [-0.2, -0.15) is 18.3 Å². The third kappa shape index (κ3) is 4.64. The number of nitrogens with zero attached hydrogens (tertiary/aromatic N) is 4. The highest BCUT2D eigenvalue weighted by Crippen LogP contribution is 2.41. The molecule has 2 atom stereocenters. The molecule has 13 heteroatoms. The topological polar surface area (TPSA) is 143 Å². The van der Waals surface area contributed by atoms with Crippen molar-refractivity contribution >= 4 is 17.2 Å². The maximum atomic E-state index is 13.5. The molecule has 0 bridgehead atoms. The molecule has 10 nitrogen and oxygen atoms in total. The van der Waals surface area contributed by atoms with E-state index < -0.39 is 41.5 Å². The van der Waals surface area contributed by atoms with Crippen LogP contribution in [0.15, 0.2) is 36.4 Å². The largest absolute Gasteiger partial charge is 0.433 e. The van der Waals surface area contributed by atoms with Gasteiger partial charge in [-0.05, 0) is 36.6 Å². The number of non-ortho nitro benzene ring substituents is 1. The highest BCUT2D eigenvalue weighted by molar-refractivity contribution is 5.93. The number of amides is 1. The molecular formula is C20H18F3N5O5. The first-order chi connectivity index (χ1) is 15.6. The fraction of sp³-hybridized carbons (Fsp3) is 0.350.